The number of benzene rings is 2. The van der Waals surface area contributed by atoms with Crippen molar-refractivity contribution in [3.63, 3.8) is 0 Å². The molecule has 1 nitrogen and oxygen atoms in total. The molecule has 19 heavy (non-hydrogen) atoms. The number of hydrogen-bond acceptors (Lipinski definition) is 1. The Morgan fingerprint density at radius 2 is 1.89 bits per heavy atom. The molecule has 1 atom stereocenters. The number of aldehydes is 1. The summed E-state index contributed by atoms with van der Waals surface area (Å²) in [6.45, 7) is 0. The zero-order valence-electron chi connectivity index (χ0n) is 11.0. The van der Waals surface area contributed by atoms with Crippen molar-refractivity contribution >= 4 is 6.29 Å². The first kappa shape index (κ1) is 12.2. The lowest BCUT2D eigenvalue weighted by Gasteiger charge is -2.24. The largest absolute Gasteiger partial charge is 0.303 e. The van der Waals surface area contributed by atoms with Gasteiger partial charge in [0.1, 0.15) is 6.29 Å². The Morgan fingerprint density at radius 3 is 2.68 bits per heavy atom. The normalized spacial score (nSPS) is 17.8. The van der Waals surface area contributed by atoms with E-state index in [1.807, 2.05) is 6.07 Å². The van der Waals surface area contributed by atoms with E-state index in [0.29, 0.717) is 0 Å². The van der Waals surface area contributed by atoms with E-state index < -0.39 is 0 Å². The van der Waals surface area contributed by atoms with Crippen molar-refractivity contribution in [3.05, 3.63) is 70.8 Å². The molecule has 0 amide bonds. The number of carbonyl (C=O) groups excluding carboxylic acids is 1. The van der Waals surface area contributed by atoms with Crippen molar-refractivity contribution in [3.8, 4) is 0 Å². The summed E-state index contributed by atoms with van der Waals surface area (Å²) in [6.07, 6.45) is 5.33. The van der Waals surface area contributed by atoms with Gasteiger partial charge in [0, 0.05) is 5.92 Å². The quantitative estimate of drug-likeness (QED) is 0.755. The van der Waals surface area contributed by atoms with Crippen LogP contribution in [0.25, 0.3) is 0 Å². The summed E-state index contributed by atoms with van der Waals surface area (Å²) in [5.41, 5.74) is 5.39. The molecule has 0 saturated carbocycles. The van der Waals surface area contributed by atoms with Crippen molar-refractivity contribution < 1.29 is 4.79 Å². The van der Waals surface area contributed by atoms with Gasteiger partial charge >= 0.3 is 0 Å². The van der Waals surface area contributed by atoms with Crippen molar-refractivity contribution in [2.45, 2.75) is 31.6 Å². The van der Waals surface area contributed by atoms with Crippen LogP contribution in [0.2, 0.25) is 0 Å². The second-order valence-corrected chi connectivity index (χ2v) is 5.28. The Bertz CT molecular complexity index is 571. The molecule has 1 aliphatic rings. The molecule has 1 unspecified atom stereocenters. The molecule has 0 fully saturated rings. The molecule has 0 aliphatic heterocycles. The monoisotopic (exact) mass is 250 g/mol. The number of carbonyl (C=O) groups is 1. The van der Waals surface area contributed by atoms with Crippen LogP contribution in [0.5, 0.6) is 0 Å². The van der Waals surface area contributed by atoms with Crippen molar-refractivity contribution in [2.24, 2.45) is 0 Å². The average Bonchev–Trinajstić information content (AvgIpc) is 2.48. The minimum absolute atomic E-state index is 0.111. The van der Waals surface area contributed by atoms with E-state index in [-0.39, 0.29) is 5.92 Å². The van der Waals surface area contributed by atoms with E-state index >= 15 is 0 Å². The maximum Gasteiger partial charge on any atom is 0.127 e. The molecule has 1 heteroatoms. The molecule has 0 heterocycles. The van der Waals surface area contributed by atoms with Crippen LogP contribution in [-0.4, -0.2) is 6.29 Å². The Morgan fingerprint density at radius 1 is 1.05 bits per heavy atom. The number of hydrogen-bond donors (Lipinski definition) is 0. The van der Waals surface area contributed by atoms with Crippen molar-refractivity contribution in [1.82, 2.24) is 0 Å². The van der Waals surface area contributed by atoms with Crippen molar-refractivity contribution in [1.29, 1.82) is 0 Å². The lowest BCUT2D eigenvalue weighted by atomic mass is 9.80. The van der Waals surface area contributed by atoms with E-state index in [0.717, 1.165) is 32.0 Å². The number of fused-ring (bicyclic) bond motifs is 1. The molecule has 0 radical (unpaired) electrons. The standard InChI is InChI=1S/C18H18O/c19-13-16-9-5-10-17-15(8-4-11-18(16)17)12-14-6-2-1-3-7-14/h1-4,6-8,11,13,16H,5,9-10,12H2. The lowest BCUT2D eigenvalue weighted by Crippen LogP contribution is -2.13. The molecular formula is C18H18O. The molecule has 2 aromatic carbocycles. The van der Waals surface area contributed by atoms with Crippen LogP contribution in [0, 0.1) is 0 Å². The molecule has 0 N–H and O–H groups in total. The Balaban J connectivity index is 1.97. The summed E-state index contributed by atoms with van der Waals surface area (Å²) >= 11 is 0. The van der Waals surface area contributed by atoms with Crippen molar-refractivity contribution in [2.75, 3.05) is 0 Å². The summed E-state index contributed by atoms with van der Waals surface area (Å²) in [7, 11) is 0. The summed E-state index contributed by atoms with van der Waals surface area (Å²) in [5, 5.41) is 0. The molecular weight excluding hydrogens is 232 g/mol. The Labute approximate surface area is 114 Å². The first-order valence-corrected chi connectivity index (χ1v) is 6.98. The van der Waals surface area contributed by atoms with Crippen LogP contribution in [-0.2, 0) is 17.6 Å². The zero-order valence-corrected chi connectivity index (χ0v) is 11.0. The van der Waals surface area contributed by atoms with Gasteiger partial charge in [-0.15, -0.1) is 0 Å². The van der Waals surface area contributed by atoms with E-state index in [1.165, 1.54) is 22.3 Å². The fourth-order valence-corrected chi connectivity index (χ4v) is 3.08. The fourth-order valence-electron chi connectivity index (χ4n) is 3.08. The first-order chi connectivity index (χ1) is 9.38. The topological polar surface area (TPSA) is 17.1 Å². The molecule has 3 rings (SSSR count). The van der Waals surface area contributed by atoms with Gasteiger partial charge in [-0.3, -0.25) is 0 Å². The van der Waals surface area contributed by atoms with Gasteiger partial charge in [0.25, 0.3) is 0 Å². The summed E-state index contributed by atoms with van der Waals surface area (Å²) in [5.74, 6) is 0.111. The predicted octanol–water partition coefficient (Wildman–Crippen LogP) is 3.90. The van der Waals surface area contributed by atoms with Gasteiger partial charge in [-0.2, -0.15) is 0 Å². The molecule has 96 valence electrons. The third-order valence-electron chi connectivity index (χ3n) is 4.05. The van der Waals surface area contributed by atoms with Crippen LogP contribution in [0.3, 0.4) is 0 Å². The highest BCUT2D eigenvalue weighted by Crippen LogP contribution is 2.32. The molecule has 0 saturated heterocycles. The maximum atomic E-state index is 11.2. The highest BCUT2D eigenvalue weighted by molar-refractivity contribution is 5.64. The third kappa shape index (κ3) is 2.46. The Kier molecular flexibility index (Phi) is 3.45. The minimum Gasteiger partial charge on any atom is -0.303 e. The summed E-state index contributed by atoms with van der Waals surface area (Å²) in [4.78, 5) is 11.2. The van der Waals surface area contributed by atoms with Gasteiger partial charge in [-0.25, -0.2) is 0 Å². The molecule has 0 spiro atoms. The Hall–Kier alpha value is -1.89. The fraction of sp³-hybridized carbons (Fsp3) is 0.278. The maximum absolute atomic E-state index is 11.2. The SMILES string of the molecule is O=CC1CCCc2c(Cc3ccccc3)cccc21. The van der Waals surface area contributed by atoms with Gasteiger partial charge in [0.05, 0.1) is 0 Å². The lowest BCUT2D eigenvalue weighted by molar-refractivity contribution is -0.109. The second kappa shape index (κ2) is 5.40. The summed E-state index contributed by atoms with van der Waals surface area (Å²) < 4.78 is 0. The van der Waals surface area contributed by atoms with Gasteiger partial charge in [0.2, 0.25) is 0 Å². The number of rotatable bonds is 3. The van der Waals surface area contributed by atoms with Crippen LogP contribution < -0.4 is 0 Å². The highest BCUT2D eigenvalue weighted by Gasteiger charge is 2.21. The zero-order chi connectivity index (χ0) is 13.1. The van der Waals surface area contributed by atoms with E-state index in [1.54, 1.807) is 0 Å². The van der Waals surface area contributed by atoms with Crippen LogP contribution in [0.1, 0.15) is 41.0 Å². The van der Waals surface area contributed by atoms with E-state index in [4.69, 9.17) is 0 Å². The molecule has 2 aromatic rings. The highest BCUT2D eigenvalue weighted by atomic mass is 16.1. The van der Waals surface area contributed by atoms with Gasteiger partial charge in [-0.1, -0.05) is 48.5 Å². The average molecular weight is 250 g/mol. The van der Waals surface area contributed by atoms with E-state index in [2.05, 4.69) is 42.5 Å². The molecule has 1 aliphatic carbocycles. The smallest absolute Gasteiger partial charge is 0.127 e. The van der Waals surface area contributed by atoms with Crippen LogP contribution in [0.4, 0.5) is 0 Å². The van der Waals surface area contributed by atoms with Gasteiger partial charge in [0.15, 0.2) is 0 Å². The second-order valence-electron chi connectivity index (χ2n) is 5.28. The minimum atomic E-state index is 0.111. The molecule has 0 bridgehead atoms. The van der Waals surface area contributed by atoms with Gasteiger partial charge in [-0.05, 0) is 47.9 Å². The summed E-state index contributed by atoms with van der Waals surface area (Å²) in [6, 6.07) is 17.0. The van der Waals surface area contributed by atoms with E-state index in [9.17, 15) is 4.79 Å². The predicted molar refractivity (Wildman–Crippen MR) is 77.4 cm³/mol. The first-order valence-electron chi connectivity index (χ1n) is 6.98. The molecule has 0 aromatic heterocycles. The van der Waals surface area contributed by atoms with Crippen LogP contribution >= 0.6 is 0 Å². The third-order valence-corrected chi connectivity index (χ3v) is 4.05. The van der Waals surface area contributed by atoms with Crippen LogP contribution in [0.15, 0.2) is 48.5 Å². The van der Waals surface area contributed by atoms with Gasteiger partial charge < -0.3 is 4.79 Å².